The van der Waals surface area contributed by atoms with Crippen molar-refractivity contribution in [2.45, 2.75) is 350 Å². The van der Waals surface area contributed by atoms with Crippen LogP contribution in [0.4, 0.5) is 0 Å². The fourth-order valence-electron chi connectivity index (χ4n) is 10.1. The Morgan fingerprint density at radius 3 is 0.816 bits per heavy atom. The van der Waals surface area contributed by atoms with Gasteiger partial charge in [-0.2, -0.15) is 0 Å². The second-order valence-electron chi connectivity index (χ2n) is 26.2. The number of unbranched alkanes of at least 4 members (excludes halogenated alkanes) is 30. The van der Waals surface area contributed by atoms with Crippen molar-refractivity contribution in [3.63, 3.8) is 0 Å². The van der Waals surface area contributed by atoms with Gasteiger partial charge in [0.05, 0.1) is 26.4 Å². The Bertz CT molecular complexity index is 1730. The van der Waals surface area contributed by atoms with Gasteiger partial charge in [0.25, 0.3) is 0 Å². The summed E-state index contributed by atoms with van der Waals surface area (Å²) in [6, 6.07) is 0. The molecule has 0 saturated heterocycles. The number of hydrogen-bond acceptors (Lipinski definition) is 15. The minimum atomic E-state index is -4.95. The number of rotatable bonds is 65. The molecule has 17 nitrogen and oxygen atoms in total. The van der Waals surface area contributed by atoms with Gasteiger partial charge in [-0.25, -0.2) is 9.13 Å². The summed E-state index contributed by atoms with van der Waals surface area (Å²) in [6.45, 7) is 14.0. The molecule has 19 heteroatoms. The first kappa shape index (κ1) is 85.1. The van der Waals surface area contributed by atoms with Crippen molar-refractivity contribution in [3.05, 3.63) is 0 Å². The highest BCUT2D eigenvalue weighted by molar-refractivity contribution is 7.47. The lowest BCUT2D eigenvalue weighted by Gasteiger charge is -2.21. The predicted octanol–water partition coefficient (Wildman–Crippen LogP) is 18.9. The maximum Gasteiger partial charge on any atom is 0.472 e. The normalized spacial score (nSPS) is 14.6. The zero-order chi connectivity index (χ0) is 64.7. The van der Waals surface area contributed by atoms with Gasteiger partial charge in [0, 0.05) is 25.7 Å². The minimum absolute atomic E-state index is 0.104. The van der Waals surface area contributed by atoms with E-state index in [4.69, 9.17) is 37.0 Å². The van der Waals surface area contributed by atoms with Gasteiger partial charge < -0.3 is 33.8 Å². The van der Waals surface area contributed by atoms with Crippen LogP contribution >= 0.6 is 15.6 Å². The van der Waals surface area contributed by atoms with Crippen LogP contribution in [0.3, 0.4) is 0 Å². The van der Waals surface area contributed by atoms with Crippen LogP contribution in [-0.2, 0) is 65.4 Å². The molecule has 0 fully saturated rings. The molecule has 0 saturated carbocycles. The summed E-state index contributed by atoms with van der Waals surface area (Å²) in [5.41, 5.74) is 0. The number of phosphoric ester groups is 2. The first-order chi connectivity index (χ1) is 41.6. The number of ether oxygens (including phenoxy) is 4. The molecule has 0 bridgehead atoms. The van der Waals surface area contributed by atoms with Crippen molar-refractivity contribution < 1.29 is 80.2 Å². The Balaban J connectivity index is 5.25. The fraction of sp³-hybridized carbons (Fsp3) is 0.941. The number of carbonyl (C=O) groups is 4. The number of carbonyl (C=O) groups excluding carboxylic acids is 4. The average Bonchev–Trinajstić information content (AvgIpc) is 3.65. The second-order valence-corrected chi connectivity index (χ2v) is 29.1. The quantitative estimate of drug-likeness (QED) is 0.0222. The highest BCUT2D eigenvalue weighted by Crippen LogP contribution is 2.45. The SMILES string of the molecule is CCC(C)CCCCCCCCCCCCC(=O)O[C@H](COC(=O)CCCCCCCCC(C)C)COP(=O)(O)OC[C@H](O)COP(=O)(O)OC[C@@H](COC(=O)CCCCCCCCCC(C)C)OC(=O)CCCCCCCCCCCCCC(C)C. The Labute approximate surface area is 530 Å². The molecule has 0 amide bonds. The maximum atomic E-state index is 13.0. The van der Waals surface area contributed by atoms with Crippen molar-refractivity contribution in [3.8, 4) is 0 Å². The molecule has 0 aliphatic carbocycles. The second kappa shape index (κ2) is 57.9. The van der Waals surface area contributed by atoms with Crippen molar-refractivity contribution in [2.24, 2.45) is 23.7 Å². The molecule has 0 heterocycles. The smallest absolute Gasteiger partial charge is 0.462 e. The largest absolute Gasteiger partial charge is 0.472 e. The highest BCUT2D eigenvalue weighted by Gasteiger charge is 2.30. The average molecular weight is 1280 g/mol. The summed E-state index contributed by atoms with van der Waals surface area (Å²) in [5, 5.41) is 10.6. The molecule has 0 aromatic carbocycles. The third-order valence-corrected chi connectivity index (χ3v) is 17.8. The Hall–Kier alpha value is -1.94. The van der Waals surface area contributed by atoms with E-state index >= 15 is 0 Å². The maximum absolute atomic E-state index is 13.0. The molecule has 3 unspecified atom stereocenters. The number of aliphatic hydroxyl groups is 1. The van der Waals surface area contributed by atoms with Gasteiger partial charge in [0.15, 0.2) is 12.2 Å². The lowest BCUT2D eigenvalue weighted by Crippen LogP contribution is -2.30. The van der Waals surface area contributed by atoms with E-state index in [0.29, 0.717) is 37.5 Å². The Kier molecular flexibility index (Phi) is 56.6. The summed E-state index contributed by atoms with van der Waals surface area (Å²) in [5.74, 6) is 0.818. The van der Waals surface area contributed by atoms with Gasteiger partial charge in [-0.15, -0.1) is 0 Å². The molecule has 0 spiro atoms. The third kappa shape index (κ3) is 61.3. The molecular formula is C68H132O17P2. The Morgan fingerprint density at radius 2 is 0.552 bits per heavy atom. The number of phosphoric acid groups is 2. The van der Waals surface area contributed by atoms with Crippen LogP contribution in [0.1, 0.15) is 331 Å². The van der Waals surface area contributed by atoms with Crippen molar-refractivity contribution >= 4 is 39.5 Å². The zero-order valence-electron chi connectivity index (χ0n) is 56.6. The summed E-state index contributed by atoms with van der Waals surface area (Å²) >= 11 is 0. The standard InChI is InChI=1S/C68H132O17P2/c1-9-61(8)47-39-31-22-16-13-14-18-24-35-43-51-68(73)85-64(55-79-66(71)49-41-33-27-26-30-38-46-60(6)7)57-83-87(76,77)81-53-62(69)52-80-86(74,75)82-56-63(54-78-65(70)48-40-32-25-19-21-29-37-45-59(4)5)84-67(72)50-42-34-23-17-12-10-11-15-20-28-36-44-58(2)3/h58-64,69H,9-57H2,1-8H3,(H,74,75)(H,76,77)/t61?,62-,63-,64-/m1/s1. The van der Waals surface area contributed by atoms with Gasteiger partial charge in [0.2, 0.25) is 0 Å². The van der Waals surface area contributed by atoms with Crippen LogP contribution in [0.2, 0.25) is 0 Å². The van der Waals surface area contributed by atoms with Crippen LogP contribution in [0.15, 0.2) is 0 Å². The predicted molar refractivity (Wildman–Crippen MR) is 349 cm³/mol. The van der Waals surface area contributed by atoms with E-state index in [2.05, 4.69) is 55.4 Å². The Morgan fingerprint density at radius 1 is 0.322 bits per heavy atom. The van der Waals surface area contributed by atoms with Crippen LogP contribution in [0.5, 0.6) is 0 Å². The number of hydrogen-bond donors (Lipinski definition) is 3. The molecule has 6 atom stereocenters. The lowest BCUT2D eigenvalue weighted by molar-refractivity contribution is -0.161. The lowest BCUT2D eigenvalue weighted by atomic mass is 9.99. The highest BCUT2D eigenvalue weighted by atomic mass is 31.2. The molecule has 0 aliphatic heterocycles. The molecule has 0 radical (unpaired) electrons. The van der Waals surface area contributed by atoms with E-state index in [9.17, 15) is 43.2 Å². The molecular weight excluding hydrogens is 1150 g/mol. The van der Waals surface area contributed by atoms with Gasteiger partial charge in [-0.3, -0.25) is 37.3 Å². The molecule has 0 aromatic heterocycles. The third-order valence-electron chi connectivity index (χ3n) is 15.9. The van der Waals surface area contributed by atoms with Gasteiger partial charge >= 0.3 is 39.5 Å². The van der Waals surface area contributed by atoms with Crippen molar-refractivity contribution in [2.75, 3.05) is 39.6 Å². The fourth-order valence-corrected chi connectivity index (χ4v) is 11.7. The molecule has 516 valence electrons. The molecule has 87 heavy (non-hydrogen) atoms. The summed E-state index contributed by atoms with van der Waals surface area (Å²) in [6.07, 6.45) is 39.1. The molecule has 0 rings (SSSR count). The van der Waals surface area contributed by atoms with Crippen LogP contribution in [0.25, 0.3) is 0 Å². The van der Waals surface area contributed by atoms with Gasteiger partial charge in [-0.05, 0) is 49.4 Å². The summed E-state index contributed by atoms with van der Waals surface area (Å²) in [4.78, 5) is 72.4. The summed E-state index contributed by atoms with van der Waals surface area (Å²) in [7, 11) is -9.90. The molecule has 0 aromatic rings. The first-order valence-corrected chi connectivity index (χ1v) is 38.2. The van der Waals surface area contributed by atoms with E-state index in [1.54, 1.807) is 0 Å². The van der Waals surface area contributed by atoms with E-state index in [1.165, 1.54) is 122 Å². The van der Waals surface area contributed by atoms with E-state index in [1.807, 2.05) is 0 Å². The van der Waals surface area contributed by atoms with Gasteiger partial charge in [0.1, 0.15) is 19.3 Å². The van der Waals surface area contributed by atoms with E-state index in [0.717, 1.165) is 115 Å². The monoisotopic (exact) mass is 1280 g/mol. The van der Waals surface area contributed by atoms with Crippen LogP contribution < -0.4 is 0 Å². The minimum Gasteiger partial charge on any atom is -0.462 e. The summed E-state index contributed by atoms with van der Waals surface area (Å²) < 4.78 is 68.2. The zero-order valence-corrected chi connectivity index (χ0v) is 58.4. The van der Waals surface area contributed by atoms with Crippen LogP contribution in [-0.4, -0.2) is 96.7 Å². The molecule has 3 N–H and O–H groups in total. The number of aliphatic hydroxyl groups excluding tert-OH is 1. The van der Waals surface area contributed by atoms with Crippen molar-refractivity contribution in [1.82, 2.24) is 0 Å². The van der Waals surface area contributed by atoms with E-state index in [-0.39, 0.29) is 25.7 Å². The van der Waals surface area contributed by atoms with Gasteiger partial charge in [-0.1, -0.05) is 280 Å². The molecule has 0 aliphatic rings. The first-order valence-electron chi connectivity index (χ1n) is 35.2. The van der Waals surface area contributed by atoms with Crippen molar-refractivity contribution in [1.29, 1.82) is 0 Å². The van der Waals surface area contributed by atoms with E-state index < -0.39 is 97.5 Å². The van der Waals surface area contributed by atoms with Crippen LogP contribution in [0, 0.1) is 23.7 Å². The number of esters is 4. The topological polar surface area (TPSA) is 237 Å².